The van der Waals surface area contributed by atoms with Crippen molar-refractivity contribution in [2.45, 2.75) is 18.7 Å². The van der Waals surface area contributed by atoms with Crippen LogP contribution in [-0.4, -0.2) is 19.9 Å². The Morgan fingerprint density at radius 3 is 2.62 bits per heavy atom. The van der Waals surface area contributed by atoms with Gasteiger partial charge >= 0.3 is 0 Å². The molecule has 6 heteroatoms. The fourth-order valence-corrected chi connectivity index (χ4v) is 2.12. The van der Waals surface area contributed by atoms with E-state index in [1.54, 1.807) is 0 Å². The molecule has 1 rings (SSSR count). The van der Waals surface area contributed by atoms with Gasteiger partial charge in [0.05, 0.1) is 0 Å². The number of nitrogens with one attached hydrogen (secondary N) is 1. The number of aromatic nitrogens is 1. The lowest BCUT2D eigenvalue weighted by Crippen LogP contribution is -2.27. The van der Waals surface area contributed by atoms with E-state index in [0.717, 1.165) is 0 Å². The van der Waals surface area contributed by atoms with Crippen LogP contribution in [0, 0.1) is 17.2 Å². The molecule has 1 aromatic rings. The predicted molar refractivity (Wildman–Crippen MR) is 59.0 cm³/mol. The van der Waals surface area contributed by atoms with Gasteiger partial charge in [0.1, 0.15) is 16.7 Å². The van der Waals surface area contributed by atoms with E-state index in [-0.39, 0.29) is 16.5 Å². The maximum absolute atomic E-state index is 11.7. The maximum Gasteiger partial charge on any atom is 0.242 e. The molecule has 0 bridgehead atoms. The lowest BCUT2D eigenvalue weighted by Gasteiger charge is -2.08. The van der Waals surface area contributed by atoms with Crippen LogP contribution in [0.4, 0.5) is 0 Å². The average molecular weight is 239 g/mol. The molecule has 1 heterocycles. The third-order valence-electron chi connectivity index (χ3n) is 1.84. The fourth-order valence-electron chi connectivity index (χ4n) is 0.965. The van der Waals surface area contributed by atoms with Crippen molar-refractivity contribution in [3.05, 3.63) is 24.0 Å². The summed E-state index contributed by atoms with van der Waals surface area (Å²) in [6.45, 7) is 4.21. The van der Waals surface area contributed by atoms with Gasteiger partial charge in [0.15, 0.2) is 0 Å². The van der Waals surface area contributed by atoms with Gasteiger partial charge in [0.2, 0.25) is 10.0 Å². The van der Waals surface area contributed by atoms with Crippen molar-refractivity contribution in [2.24, 2.45) is 5.92 Å². The van der Waals surface area contributed by atoms with E-state index in [2.05, 4.69) is 9.71 Å². The number of sulfonamides is 1. The number of rotatable bonds is 4. The third-order valence-corrected chi connectivity index (χ3v) is 3.25. The highest BCUT2D eigenvalue weighted by molar-refractivity contribution is 7.89. The normalized spacial score (nSPS) is 11.4. The van der Waals surface area contributed by atoms with Crippen LogP contribution in [0.1, 0.15) is 19.5 Å². The Balaban J connectivity index is 2.87. The van der Waals surface area contributed by atoms with Crippen LogP contribution in [0.3, 0.4) is 0 Å². The standard InChI is InChI=1S/C10H13N3O2S/c1-8(2)6-13-16(14,15)10-4-3-9(5-11)12-7-10/h3-4,7-8,13H,6H2,1-2H3. The molecule has 0 radical (unpaired) electrons. The van der Waals surface area contributed by atoms with Gasteiger partial charge in [-0.05, 0) is 18.1 Å². The summed E-state index contributed by atoms with van der Waals surface area (Å²) in [6.07, 6.45) is 1.18. The molecular weight excluding hydrogens is 226 g/mol. The van der Waals surface area contributed by atoms with Crippen LogP contribution in [-0.2, 0) is 10.0 Å². The Hall–Kier alpha value is -1.45. The van der Waals surface area contributed by atoms with Gasteiger partial charge in [-0.1, -0.05) is 13.8 Å². The summed E-state index contributed by atoms with van der Waals surface area (Å²) in [7, 11) is -3.50. The Morgan fingerprint density at radius 2 is 2.19 bits per heavy atom. The summed E-state index contributed by atoms with van der Waals surface area (Å²) in [5.41, 5.74) is 0.197. The largest absolute Gasteiger partial charge is 0.244 e. The van der Waals surface area contributed by atoms with Gasteiger partial charge in [-0.25, -0.2) is 18.1 Å². The zero-order chi connectivity index (χ0) is 12.2. The first-order valence-electron chi connectivity index (χ1n) is 4.81. The molecule has 16 heavy (non-hydrogen) atoms. The van der Waals surface area contributed by atoms with Crippen LogP contribution in [0.2, 0.25) is 0 Å². The summed E-state index contributed by atoms with van der Waals surface area (Å²) >= 11 is 0. The second-order valence-corrected chi connectivity index (χ2v) is 5.50. The molecule has 0 saturated carbocycles. The van der Waals surface area contributed by atoms with Gasteiger partial charge in [-0.15, -0.1) is 0 Å². The van der Waals surface area contributed by atoms with E-state index < -0.39 is 10.0 Å². The highest BCUT2D eigenvalue weighted by Crippen LogP contribution is 2.07. The summed E-state index contributed by atoms with van der Waals surface area (Å²) in [6, 6.07) is 4.58. The smallest absolute Gasteiger partial charge is 0.242 e. The summed E-state index contributed by atoms with van der Waals surface area (Å²) in [5.74, 6) is 0.237. The molecule has 0 fully saturated rings. The van der Waals surface area contributed by atoms with Crippen molar-refractivity contribution < 1.29 is 8.42 Å². The second-order valence-electron chi connectivity index (χ2n) is 3.74. The first-order chi connectivity index (χ1) is 7.45. The molecule has 86 valence electrons. The molecule has 0 aromatic carbocycles. The second kappa shape index (κ2) is 5.05. The van der Waals surface area contributed by atoms with Gasteiger partial charge in [0, 0.05) is 12.7 Å². The third kappa shape index (κ3) is 3.29. The maximum atomic E-state index is 11.7. The molecule has 0 aliphatic heterocycles. The van der Waals surface area contributed by atoms with Crippen LogP contribution >= 0.6 is 0 Å². The van der Waals surface area contributed by atoms with E-state index >= 15 is 0 Å². The first-order valence-corrected chi connectivity index (χ1v) is 6.30. The fraction of sp³-hybridized carbons (Fsp3) is 0.400. The van der Waals surface area contributed by atoms with E-state index in [0.29, 0.717) is 6.54 Å². The van der Waals surface area contributed by atoms with Gasteiger partial charge in [0.25, 0.3) is 0 Å². The Labute approximate surface area is 95.2 Å². The quantitative estimate of drug-likeness (QED) is 0.845. The Kier molecular flexibility index (Phi) is 3.99. The molecule has 1 aromatic heterocycles. The van der Waals surface area contributed by atoms with Crippen molar-refractivity contribution in [3.8, 4) is 6.07 Å². The van der Waals surface area contributed by atoms with E-state index in [9.17, 15) is 8.42 Å². The van der Waals surface area contributed by atoms with Gasteiger partial charge in [-0.3, -0.25) is 0 Å². The number of nitrogens with zero attached hydrogens (tertiary/aromatic N) is 2. The lowest BCUT2D eigenvalue weighted by molar-refractivity contribution is 0.560. The van der Waals surface area contributed by atoms with Crippen molar-refractivity contribution >= 4 is 10.0 Å². The highest BCUT2D eigenvalue weighted by Gasteiger charge is 2.14. The van der Waals surface area contributed by atoms with Crippen LogP contribution in [0.5, 0.6) is 0 Å². The molecule has 0 aliphatic rings. The number of hydrogen-bond acceptors (Lipinski definition) is 4. The number of pyridine rings is 1. The zero-order valence-corrected chi connectivity index (χ0v) is 9.95. The predicted octanol–water partition coefficient (Wildman–Crippen LogP) is 0.888. The zero-order valence-electron chi connectivity index (χ0n) is 9.14. The highest BCUT2D eigenvalue weighted by atomic mass is 32.2. The van der Waals surface area contributed by atoms with Crippen molar-refractivity contribution in [3.63, 3.8) is 0 Å². The van der Waals surface area contributed by atoms with Crippen molar-refractivity contribution in [1.82, 2.24) is 9.71 Å². The molecule has 0 unspecified atom stereocenters. The lowest BCUT2D eigenvalue weighted by atomic mass is 10.2. The summed E-state index contributed by atoms with van der Waals surface area (Å²) in [4.78, 5) is 3.79. The molecule has 0 spiro atoms. The first kappa shape index (κ1) is 12.6. The number of hydrogen-bond donors (Lipinski definition) is 1. The monoisotopic (exact) mass is 239 g/mol. The topological polar surface area (TPSA) is 82.9 Å². The minimum absolute atomic E-state index is 0.0761. The Bertz CT molecular complexity index is 486. The van der Waals surface area contributed by atoms with Crippen molar-refractivity contribution in [1.29, 1.82) is 5.26 Å². The molecule has 1 N–H and O–H groups in total. The van der Waals surface area contributed by atoms with E-state index in [4.69, 9.17) is 5.26 Å². The molecule has 0 saturated heterocycles. The molecular formula is C10H13N3O2S. The van der Waals surface area contributed by atoms with Crippen LogP contribution < -0.4 is 4.72 Å². The molecule has 0 atom stereocenters. The Morgan fingerprint density at radius 1 is 1.50 bits per heavy atom. The average Bonchev–Trinajstić information content (AvgIpc) is 2.27. The SMILES string of the molecule is CC(C)CNS(=O)(=O)c1ccc(C#N)nc1. The van der Waals surface area contributed by atoms with Gasteiger partial charge < -0.3 is 0 Å². The summed E-state index contributed by atoms with van der Waals surface area (Å²) in [5, 5.41) is 8.53. The molecule has 0 amide bonds. The van der Waals surface area contributed by atoms with Crippen molar-refractivity contribution in [2.75, 3.05) is 6.54 Å². The van der Waals surface area contributed by atoms with Crippen LogP contribution in [0.15, 0.2) is 23.2 Å². The van der Waals surface area contributed by atoms with Gasteiger partial charge in [-0.2, -0.15) is 5.26 Å². The minimum Gasteiger partial charge on any atom is -0.244 e. The summed E-state index contributed by atoms with van der Waals surface area (Å²) < 4.78 is 25.9. The molecule has 5 nitrogen and oxygen atoms in total. The molecule has 0 aliphatic carbocycles. The van der Waals surface area contributed by atoms with Crippen LogP contribution in [0.25, 0.3) is 0 Å². The number of nitriles is 1. The van der Waals surface area contributed by atoms with E-state index in [1.807, 2.05) is 19.9 Å². The van der Waals surface area contributed by atoms with E-state index in [1.165, 1.54) is 18.3 Å². The minimum atomic E-state index is -3.50.